The molecule has 0 amide bonds. The third-order valence-electron chi connectivity index (χ3n) is 3.93. The Kier molecular flexibility index (Phi) is 2.26. The van der Waals surface area contributed by atoms with Crippen LogP contribution in [-0.4, -0.2) is 6.04 Å². The lowest BCUT2D eigenvalue weighted by Gasteiger charge is -2.31. The Morgan fingerprint density at radius 2 is 1.86 bits per heavy atom. The van der Waals surface area contributed by atoms with Gasteiger partial charge in [-0.3, -0.25) is 0 Å². The van der Waals surface area contributed by atoms with Crippen LogP contribution < -0.4 is 5.32 Å². The van der Waals surface area contributed by atoms with Gasteiger partial charge in [0.05, 0.1) is 0 Å². The van der Waals surface area contributed by atoms with Gasteiger partial charge in [0.1, 0.15) is 0 Å². The maximum Gasteiger partial charge on any atom is 0.0381 e. The van der Waals surface area contributed by atoms with Crippen LogP contribution in [0.4, 0.5) is 5.69 Å². The van der Waals surface area contributed by atoms with Crippen LogP contribution >= 0.6 is 0 Å². The molecule has 0 aromatic heterocycles. The van der Waals surface area contributed by atoms with Gasteiger partial charge in [-0.15, -0.1) is 0 Å². The number of anilines is 1. The summed E-state index contributed by atoms with van der Waals surface area (Å²) in [5, 5.41) is 3.59. The number of hydrogen-bond donors (Lipinski definition) is 1. The van der Waals surface area contributed by atoms with Crippen LogP contribution in [0, 0.1) is 0 Å². The van der Waals surface area contributed by atoms with Gasteiger partial charge in [-0.25, -0.2) is 0 Å². The predicted octanol–water partition coefficient (Wildman–Crippen LogP) is 3.56. The van der Waals surface area contributed by atoms with Gasteiger partial charge < -0.3 is 5.32 Å². The summed E-state index contributed by atoms with van der Waals surface area (Å²) in [6, 6.07) is 9.30. The van der Waals surface area contributed by atoms with Crippen LogP contribution in [-0.2, 0) is 5.41 Å². The van der Waals surface area contributed by atoms with Gasteiger partial charge >= 0.3 is 0 Å². The minimum Gasteiger partial charge on any atom is -0.381 e. The molecule has 0 fully saturated rings. The summed E-state index contributed by atoms with van der Waals surface area (Å²) < 4.78 is 0. The molecule has 0 radical (unpaired) electrons. The summed E-state index contributed by atoms with van der Waals surface area (Å²) in [5.41, 5.74) is 3.21. The molecule has 1 unspecified atom stereocenters. The first kappa shape index (κ1) is 9.57. The number of nitrogens with one attached hydrogen (secondary N) is 1. The highest BCUT2D eigenvalue weighted by atomic mass is 15.0. The molecule has 76 valence electrons. The second-order valence-electron chi connectivity index (χ2n) is 4.27. The zero-order valence-corrected chi connectivity index (χ0v) is 9.30. The number of para-hydroxylation sites is 1. The van der Waals surface area contributed by atoms with Gasteiger partial charge in [-0.05, 0) is 31.4 Å². The Hall–Kier alpha value is -0.980. The highest BCUT2D eigenvalue weighted by molar-refractivity contribution is 5.61. The van der Waals surface area contributed by atoms with E-state index in [1.54, 1.807) is 0 Å². The Morgan fingerprint density at radius 1 is 1.21 bits per heavy atom. The van der Waals surface area contributed by atoms with Gasteiger partial charge in [-0.1, -0.05) is 32.0 Å². The lowest BCUT2D eigenvalue weighted by atomic mass is 9.73. The highest BCUT2D eigenvalue weighted by Gasteiger charge is 2.41. The average molecular weight is 189 g/mol. The fourth-order valence-corrected chi connectivity index (χ4v) is 2.89. The summed E-state index contributed by atoms with van der Waals surface area (Å²) >= 11 is 0. The zero-order chi connectivity index (χ0) is 10.2. The van der Waals surface area contributed by atoms with Crippen molar-refractivity contribution >= 4 is 5.69 Å². The van der Waals surface area contributed by atoms with Crippen molar-refractivity contribution in [3.05, 3.63) is 29.8 Å². The van der Waals surface area contributed by atoms with E-state index in [2.05, 4.69) is 50.4 Å². The molecule has 1 aromatic carbocycles. The normalized spacial score (nSPS) is 22.9. The molecule has 2 rings (SSSR count). The number of benzene rings is 1. The van der Waals surface area contributed by atoms with Crippen molar-refractivity contribution in [3.8, 4) is 0 Å². The van der Waals surface area contributed by atoms with Crippen molar-refractivity contribution < 1.29 is 0 Å². The molecule has 1 nitrogen and oxygen atoms in total. The molecule has 0 saturated carbocycles. The molecule has 0 bridgehead atoms. The molecule has 1 heterocycles. The fraction of sp³-hybridized carbons (Fsp3) is 0.538. The molecular weight excluding hydrogens is 170 g/mol. The maximum absolute atomic E-state index is 3.59. The molecule has 1 heteroatoms. The van der Waals surface area contributed by atoms with Crippen LogP contribution in [0.1, 0.15) is 39.2 Å². The minimum atomic E-state index is 0.358. The topological polar surface area (TPSA) is 12.0 Å². The molecule has 14 heavy (non-hydrogen) atoms. The van der Waals surface area contributed by atoms with Crippen molar-refractivity contribution in [1.29, 1.82) is 0 Å². The summed E-state index contributed by atoms with van der Waals surface area (Å²) in [6.45, 7) is 6.89. The molecule has 1 N–H and O–H groups in total. The molecule has 0 spiro atoms. The minimum absolute atomic E-state index is 0.358. The second kappa shape index (κ2) is 3.30. The molecule has 1 atom stereocenters. The molecule has 0 saturated heterocycles. The van der Waals surface area contributed by atoms with E-state index in [0.717, 1.165) is 0 Å². The van der Waals surface area contributed by atoms with Crippen molar-refractivity contribution in [2.45, 2.75) is 45.1 Å². The Bertz CT molecular complexity index is 326. The number of rotatable bonds is 2. The maximum atomic E-state index is 3.59. The van der Waals surface area contributed by atoms with E-state index in [0.29, 0.717) is 11.5 Å². The summed E-state index contributed by atoms with van der Waals surface area (Å²) in [6.07, 6.45) is 2.43. The molecule has 0 aliphatic carbocycles. The van der Waals surface area contributed by atoms with E-state index in [9.17, 15) is 0 Å². The van der Waals surface area contributed by atoms with Crippen molar-refractivity contribution in [1.82, 2.24) is 0 Å². The number of fused-ring (bicyclic) bond motifs is 1. The van der Waals surface area contributed by atoms with Gasteiger partial charge in [0.25, 0.3) is 0 Å². The SMILES string of the molecule is CCC1(CC)c2ccccc2NC1C. The summed E-state index contributed by atoms with van der Waals surface area (Å²) in [5.74, 6) is 0. The monoisotopic (exact) mass is 189 g/mol. The summed E-state index contributed by atoms with van der Waals surface area (Å²) in [4.78, 5) is 0. The lowest BCUT2D eigenvalue weighted by molar-refractivity contribution is 0.370. The van der Waals surface area contributed by atoms with Gasteiger partial charge in [0, 0.05) is 17.1 Å². The lowest BCUT2D eigenvalue weighted by Crippen LogP contribution is -2.35. The van der Waals surface area contributed by atoms with Crippen LogP contribution in [0.15, 0.2) is 24.3 Å². The smallest absolute Gasteiger partial charge is 0.0381 e. The molecule has 1 aliphatic heterocycles. The quantitative estimate of drug-likeness (QED) is 0.750. The summed E-state index contributed by atoms with van der Waals surface area (Å²) in [7, 11) is 0. The van der Waals surface area contributed by atoms with Gasteiger partial charge in [0.15, 0.2) is 0 Å². The van der Waals surface area contributed by atoms with Gasteiger partial charge in [0.2, 0.25) is 0 Å². The van der Waals surface area contributed by atoms with Crippen molar-refractivity contribution in [2.24, 2.45) is 0 Å². The molecule has 1 aromatic rings. The van der Waals surface area contributed by atoms with Crippen LogP contribution in [0.25, 0.3) is 0 Å². The van der Waals surface area contributed by atoms with E-state index < -0.39 is 0 Å². The zero-order valence-electron chi connectivity index (χ0n) is 9.30. The fourth-order valence-electron chi connectivity index (χ4n) is 2.89. The third-order valence-corrected chi connectivity index (χ3v) is 3.93. The predicted molar refractivity (Wildman–Crippen MR) is 61.8 cm³/mol. The molecule has 1 aliphatic rings. The first-order valence-corrected chi connectivity index (χ1v) is 5.60. The largest absolute Gasteiger partial charge is 0.381 e. The average Bonchev–Trinajstić information content (AvgIpc) is 2.50. The Balaban J connectivity index is 2.53. The first-order valence-electron chi connectivity index (χ1n) is 5.60. The highest BCUT2D eigenvalue weighted by Crippen LogP contribution is 2.45. The number of hydrogen-bond acceptors (Lipinski definition) is 1. The van der Waals surface area contributed by atoms with E-state index >= 15 is 0 Å². The van der Waals surface area contributed by atoms with Crippen LogP contribution in [0.5, 0.6) is 0 Å². The standard InChI is InChI=1S/C13H19N/c1-4-13(5-2)10(3)14-12-9-7-6-8-11(12)13/h6-10,14H,4-5H2,1-3H3. The Morgan fingerprint density at radius 3 is 2.50 bits per heavy atom. The van der Waals surface area contributed by atoms with E-state index in [1.165, 1.54) is 24.1 Å². The molecular formula is C13H19N. The first-order chi connectivity index (χ1) is 6.74. The van der Waals surface area contributed by atoms with Crippen molar-refractivity contribution in [2.75, 3.05) is 5.32 Å². The van der Waals surface area contributed by atoms with Crippen LogP contribution in [0.2, 0.25) is 0 Å². The van der Waals surface area contributed by atoms with Crippen LogP contribution in [0.3, 0.4) is 0 Å². The van der Waals surface area contributed by atoms with E-state index in [4.69, 9.17) is 0 Å². The van der Waals surface area contributed by atoms with E-state index in [-0.39, 0.29) is 0 Å². The van der Waals surface area contributed by atoms with E-state index in [1.807, 2.05) is 0 Å². The third kappa shape index (κ3) is 1.08. The van der Waals surface area contributed by atoms with Gasteiger partial charge in [-0.2, -0.15) is 0 Å². The van der Waals surface area contributed by atoms with Crippen molar-refractivity contribution in [3.63, 3.8) is 0 Å². The second-order valence-corrected chi connectivity index (χ2v) is 4.27. The Labute approximate surface area is 86.5 Å².